The number of aliphatic imine (C=N–C) groups is 1. The summed E-state index contributed by atoms with van der Waals surface area (Å²) < 4.78 is 0. The fraction of sp³-hybridized carbons (Fsp3) is 0.857. The molecular formula is C14H27N5O. The Morgan fingerprint density at radius 1 is 1.25 bits per heavy atom. The molecule has 0 radical (unpaired) electrons. The van der Waals surface area contributed by atoms with E-state index in [0.29, 0.717) is 11.8 Å². The van der Waals surface area contributed by atoms with E-state index in [9.17, 15) is 4.79 Å². The zero-order chi connectivity index (χ0) is 14.4. The number of hydrogen-bond acceptors (Lipinski definition) is 3. The summed E-state index contributed by atoms with van der Waals surface area (Å²) in [5.41, 5.74) is 0. The minimum Gasteiger partial charge on any atom is -0.359 e. The van der Waals surface area contributed by atoms with Gasteiger partial charge in [-0.3, -0.25) is 14.7 Å². The Hall–Kier alpha value is -1.30. The van der Waals surface area contributed by atoms with Crippen molar-refractivity contribution in [3.63, 3.8) is 0 Å². The molecule has 2 N–H and O–H groups in total. The standard InChI is InChI=1S/C14H27N5O/c1-15-14(16-2)17-6-7-18-8-10-19(11-9-18)13(20)12-4-3-5-12/h12H,3-11H2,1-2H3,(H2,15,16,17). The second-order valence-corrected chi connectivity index (χ2v) is 5.54. The summed E-state index contributed by atoms with van der Waals surface area (Å²) in [6, 6.07) is 0. The highest BCUT2D eigenvalue weighted by atomic mass is 16.2. The highest BCUT2D eigenvalue weighted by Crippen LogP contribution is 2.28. The Morgan fingerprint density at radius 3 is 2.45 bits per heavy atom. The number of hydrogen-bond donors (Lipinski definition) is 2. The molecule has 6 heteroatoms. The molecule has 0 aromatic carbocycles. The lowest BCUT2D eigenvalue weighted by Gasteiger charge is -2.38. The van der Waals surface area contributed by atoms with E-state index in [1.54, 1.807) is 7.05 Å². The van der Waals surface area contributed by atoms with E-state index in [1.165, 1.54) is 6.42 Å². The predicted octanol–water partition coefficient (Wildman–Crippen LogP) is -0.274. The molecule has 1 saturated heterocycles. The smallest absolute Gasteiger partial charge is 0.225 e. The van der Waals surface area contributed by atoms with Gasteiger partial charge in [0.15, 0.2) is 5.96 Å². The molecule has 1 aliphatic carbocycles. The summed E-state index contributed by atoms with van der Waals surface area (Å²) in [5, 5.41) is 6.26. The third-order valence-electron chi connectivity index (χ3n) is 4.32. The highest BCUT2D eigenvalue weighted by molar-refractivity contribution is 5.80. The van der Waals surface area contributed by atoms with E-state index in [4.69, 9.17) is 0 Å². The van der Waals surface area contributed by atoms with Crippen molar-refractivity contribution in [1.29, 1.82) is 0 Å². The molecule has 0 bridgehead atoms. The molecule has 2 fully saturated rings. The maximum atomic E-state index is 12.1. The molecule has 1 saturated carbocycles. The lowest BCUT2D eigenvalue weighted by atomic mass is 9.84. The van der Waals surface area contributed by atoms with Gasteiger partial charge in [-0.1, -0.05) is 6.42 Å². The second kappa shape index (κ2) is 7.47. The van der Waals surface area contributed by atoms with Gasteiger partial charge >= 0.3 is 0 Å². The number of carbonyl (C=O) groups is 1. The molecule has 0 spiro atoms. The molecule has 20 heavy (non-hydrogen) atoms. The van der Waals surface area contributed by atoms with Crippen LogP contribution in [-0.2, 0) is 4.79 Å². The summed E-state index contributed by atoms with van der Waals surface area (Å²) in [4.78, 5) is 20.7. The van der Waals surface area contributed by atoms with Crippen LogP contribution in [0.25, 0.3) is 0 Å². The fourth-order valence-corrected chi connectivity index (χ4v) is 2.72. The Morgan fingerprint density at radius 2 is 1.95 bits per heavy atom. The summed E-state index contributed by atoms with van der Waals surface area (Å²) >= 11 is 0. The molecule has 1 heterocycles. The van der Waals surface area contributed by atoms with Crippen LogP contribution in [0.4, 0.5) is 0 Å². The average molecular weight is 281 g/mol. The first kappa shape index (κ1) is 15.1. The number of nitrogens with one attached hydrogen (secondary N) is 2. The lowest BCUT2D eigenvalue weighted by molar-refractivity contribution is -0.139. The van der Waals surface area contributed by atoms with Crippen LogP contribution in [-0.4, -0.2) is 75.0 Å². The predicted molar refractivity (Wildman–Crippen MR) is 80.8 cm³/mol. The molecule has 1 amide bonds. The Kier molecular flexibility index (Phi) is 5.64. The molecule has 2 aliphatic rings. The van der Waals surface area contributed by atoms with Crippen molar-refractivity contribution >= 4 is 11.9 Å². The number of amides is 1. The third kappa shape index (κ3) is 3.85. The molecule has 0 aromatic rings. The van der Waals surface area contributed by atoms with Crippen LogP contribution in [0.1, 0.15) is 19.3 Å². The number of piperazine rings is 1. The summed E-state index contributed by atoms with van der Waals surface area (Å²) in [6.07, 6.45) is 3.44. The second-order valence-electron chi connectivity index (χ2n) is 5.54. The van der Waals surface area contributed by atoms with Crippen LogP contribution in [0.15, 0.2) is 4.99 Å². The molecule has 0 aromatic heterocycles. The first-order valence-corrected chi connectivity index (χ1v) is 7.64. The van der Waals surface area contributed by atoms with Crippen molar-refractivity contribution in [2.24, 2.45) is 10.9 Å². The number of rotatable bonds is 4. The van der Waals surface area contributed by atoms with Crippen molar-refractivity contribution in [3.05, 3.63) is 0 Å². The van der Waals surface area contributed by atoms with Crippen molar-refractivity contribution in [2.75, 3.05) is 53.4 Å². The van der Waals surface area contributed by atoms with E-state index in [1.807, 2.05) is 7.05 Å². The van der Waals surface area contributed by atoms with Crippen molar-refractivity contribution < 1.29 is 4.79 Å². The van der Waals surface area contributed by atoms with Gasteiger partial charge in [-0.15, -0.1) is 0 Å². The van der Waals surface area contributed by atoms with Gasteiger partial charge in [0.05, 0.1) is 0 Å². The highest BCUT2D eigenvalue weighted by Gasteiger charge is 2.30. The quantitative estimate of drug-likeness (QED) is 0.550. The van der Waals surface area contributed by atoms with Gasteiger partial charge in [0.1, 0.15) is 0 Å². The average Bonchev–Trinajstić information content (AvgIpc) is 2.42. The molecule has 0 atom stereocenters. The van der Waals surface area contributed by atoms with Crippen LogP contribution in [0.5, 0.6) is 0 Å². The number of guanidine groups is 1. The molecule has 114 valence electrons. The van der Waals surface area contributed by atoms with Gasteiger partial charge < -0.3 is 15.5 Å². The maximum Gasteiger partial charge on any atom is 0.225 e. The van der Waals surface area contributed by atoms with Crippen molar-refractivity contribution in [1.82, 2.24) is 20.4 Å². The van der Waals surface area contributed by atoms with E-state index in [2.05, 4.69) is 25.4 Å². The molecule has 0 unspecified atom stereocenters. The van der Waals surface area contributed by atoms with E-state index < -0.39 is 0 Å². The summed E-state index contributed by atoms with van der Waals surface area (Å²) in [7, 11) is 3.63. The van der Waals surface area contributed by atoms with Crippen LogP contribution < -0.4 is 10.6 Å². The fourth-order valence-electron chi connectivity index (χ4n) is 2.72. The van der Waals surface area contributed by atoms with Gasteiger partial charge in [-0.05, 0) is 12.8 Å². The minimum atomic E-state index is 0.335. The van der Waals surface area contributed by atoms with Crippen LogP contribution >= 0.6 is 0 Å². The normalized spacial score (nSPS) is 21.5. The Bertz CT molecular complexity index is 345. The van der Waals surface area contributed by atoms with Gasteiger partial charge in [0.2, 0.25) is 5.91 Å². The molecule has 1 aliphatic heterocycles. The van der Waals surface area contributed by atoms with Gasteiger partial charge in [-0.2, -0.15) is 0 Å². The zero-order valence-corrected chi connectivity index (χ0v) is 12.7. The van der Waals surface area contributed by atoms with E-state index in [0.717, 1.165) is 58.1 Å². The topological polar surface area (TPSA) is 60.0 Å². The third-order valence-corrected chi connectivity index (χ3v) is 4.32. The van der Waals surface area contributed by atoms with Crippen molar-refractivity contribution in [3.8, 4) is 0 Å². The van der Waals surface area contributed by atoms with Crippen LogP contribution in [0.2, 0.25) is 0 Å². The van der Waals surface area contributed by atoms with Gasteiger partial charge in [0, 0.05) is 59.3 Å². The number of nitrogens with zero attached hydrogens (tertiary/aromatic N) is 3. The van der Waals surface area contributed by atoms with Gasteiger partial charge in [0.25, 0.3) is 0 Å². The number of carbonyl (C=O) groups excluding carboxylic acids is 1. The van der Waals surface area contributed by atoms with Crippen LogP contribution in [0.3, 0.4) is 0 Å². The van der Waals surface area contributed by atoms with E-state index >= 15 is 0 Å². The SMILES string of the molecule is CN=C(NC)NCCN1CCN(C(=O)C2CCC2)CC1. The maximum absolute atomic E-state index is 12.1. The monoisotopic (exact) mass is 281 g/mol. The van der Waals surface area contributed by atoms with E-state index in [-0.39, 0.29) is 0 Å². The van der Waals surface area contributed by atoms with Gasteiger partial charge in [-0.25, -0.2) is 0 Å². The minimum absolute atomic E-state index is 0.335. The Balaban J connectivity index is 1.62. The summed E-state index contributed by atoms with van der Waals surface area (Å²) in [6.45, 7) is 5.61. The molecule has 2 rings (SSSR count). The Labute approximate surface area is 121 Å². The largest absolute Gasteiger partial charge is 0.359 e. The first-order chi connectivity index (χ1) is 9.74. The molecule has 6 nitrogen and oxygen atoms in total. The summed E-state index contributed by atoms with van der Waals surface area (Å²) in [5.74, 6) is 1.55. The first-order valence-electron chi connectivity index (χ1n) is 7.64. The lowest BCUT2D eigenvalue weighted by Crippen LogP contribution is -2.52. The van der Waals surface area contributed by atoms with Crippen LogP contribution in [0, 0.1) is 5.92 Å². The van der Waals surface area contributed by atoms with Crippen molar-refractivity contribution in [2.45, 2.75) is 19.3 Å². The zero-order valence-electron chi connectivity index (χ0n) is 12.7. The molecular weight excluding hydrogens is 254 g/mol.